The Balaban J connectivity index is 1.58. The van der Waals surface area contributed by atoms with Crippen LogP contribution in [0, 0.1) is 0 Å². The van der Waals surface area contributed by atoms with Crippen molar-refractivity contribution in [3.05, 3.63) is 60.0 Å². The monoisotopic (exact) mass is 438 g/mol. The largest absolute Gasteiger partial charge is 0.497 e. The van der Waals surface area contributed by atoms with Crippen LogP contribution in [-0.4, -0.2) is 36.4 Å². The molecule has 3 aromatic rings. The summed E-state index contributed by atoms with van der Waals surface area (Å²) in [6.07, 6.45) is 3.88. The molecule has 32 heavy (non-hydrogen) atoms. The fraction of sp³-hybridized carbons (Fsp3) is 0.292. The second kappa shape index (κ2) is 11.5. The lowest BCUT2D eigenvalue weighted by Gasteiger charge is -2.11. The molecule has 0 aliphatic heterocycles. The van der Waals surface area contributed by atoms with Crippen LogP contribution in [0.5, 0.6) is 17.2 Å². The predicted octanol–water partition coefficient (Wildman–Crippen LogP) is 4.69. The number of ether oxygens (including phenoxy) is 4. The van der Waals surface area contributed by atoms with E-state index in [1.165, 1.54) is 6.08 Å². The Morgan fingerprint density at radius 2 is 1.97 bits per heavy atom. The standard InChI is InChI=1S/C24H26N2O6/c1-4-13-30-20-11-9-17(14-21(20)29-5-2)10-12-23(27)31-16-22-25-24(26-32-22)18-7-6-8-19(15-18)28-3/h6-12,14-15H,4-5,13,16H2,1-3H3/b12-10+. The minimum atomic E-state index is -0.532. The Kier molecular flexibility index (Phi) is 8.25. The van der Waals surface area contributed by atoms with Gasteiger partial charge in [-0.05, 0) is 49.2 Å². The van der Waals surface area contributed by atoms with Gasteiger partial charge in [0, 0.05) is 11.6 Å². The molecule has 8 nitrogen and oxygen atoms in total. The van der Waals surface area contributed by atoms with E-state index in [4.69, 9.17) is 23.5 Å². The van der Waals surface area contributed by atoms with Gasteiger partial charge in [-0.3, -0.25) is 0 Å². The summed E-state index contributed by atoms with van der Waals surface area (Å²) in [7, 11) is 1.58. The predicted molar refractivity (Wildman–Crippen MR) is 119 cm³/mol. The first-order chi connectivity index (χ1) is 15.6. The van der Waals surface area contributed by atoms with E-state index in [1.54, 1.807) is 19.3 Å². The summed E-state index contributed by atoms with van der Waals surface area (Å²) >= 11 is 0. The molecular formula is C24H26N2O6. The summed E-state index contributed by atoms with van der Waals surface area (Å²) in [5.41, 5.74) is 1.52. The highest BCUT2D eigenvalue weighted by atomic mass is 16.6. The number of rotatable bonds is 11. The molecule has 0 bridgehead atoms. The van der Waals surface area contributed by atoms with E-state index in [0.29, 0.717) is 36.3 Å². The summed E-state index contributed by atoms with van der Waals surface area (Å²) in [5.74, 6) is 2.04. The SMILES string of the molecule is CCCOc1ccc(/C=C/C(=O)OCc2nc(-c3cccc(OC)c3)no2)cc1OCC. The van der Waals surface area contributed by atoms with Crippen LogP contribution in [0.1, 0.15) is 31.7 Å². The molecule has 0 atom stereocenters. The number of carbonyl (C=O) groups is 1. The summed E-state index contributed by atoms with van der Waals surface area (Å²) in [4.78, 5) is 16.3. The number of methoxy groups -OCH3 is 1. The highest BCUT2D eigenvalue weighted by molar-refractivity contribution is 5.87. The quantitative estimate of drug-likeness (QED) is 0.314. The zero-order chi connectivity index (χ0) is 22.8. The van der Waals surface area contributed by atoms with E-state index in [1.807, 2.05) is 50.2 Å². The van der Waals surface area contributed by atoms with Crippen LogP contribution in [0.2, 0.25) is 0 Å². The lowest BCUT2D eigenvalue weighted by molar-refractivity contribution is -0.139. The normalized spacial score (nSPS) is 10.8. The maximum Gasteiger partial charge on any atom is 0.331 e. The third-order valence-electron chi connectivity index (χ3n) is 4.28. The van der Waals surface area contributed by atoms with Gasteiger partial charge in [0.1, 0.15) is 5.75 Å². The molecule has 0 saturated carbocycles. The summed E-state index contributed by atoms with van der Waals surface area (Å²) in [5, 5.41) is 3.91. The van der Waals surface area contributed by atoms with Gasteiger partial charge in [-0.2, -0.15) is 4.98 Å². The molecule has 0 aliphatic rings. The van der Waals surface area contributed by atoms with Crippen molar-refractivity contribution in [2.45, 2.75) is 26.9 Å². The van der Waals surface area contributed by atoms with E-state index < -0.39 is 5.97 Å². The molecular weight excluding hydrogens is 412 g/mol. The Morgan fingerprint density at radius 1 is 1.09 bits per heavy atom. The van der Waals surface area contributed by atoms with Gasteiger partial charge in [-0.1, -0.05) is 30.3 Å². The molecule has 0 radical (unpaired) electrons. The zero-order valence-corrected chi connectivity index (χ0v) is 18.4. The van der Waals surface area contributed by atoms with Crippen molar-refractivity contribution in [2.24, 2.45) is 0 Å². The van der Waals surface area contributed by atoms with Crippen LogP contribution >= 0.6 is 0 Å². The molecule has 0 spiro atoms. The molecule has 168 valence electrons. The van der Waals surface area contributed by atoms with Gasteiger partial charge in [0.25, 0.3) is 5.89 Å². The molecule has 0 aliphatic carbocycles. The van der Waals surface area contributed by atoms with Crippen molar-refractivity contribution in [3.8, 4) is 28.6 Å². The number of aromatic nitrogens is 2. The topological polar surface area (TPSA) is 92.9 Å². The van der Waals surface area contributed by atoms with Crippen LogP contribution in [0.3, 0.4) is 0 Å². The van der Waals surface area contributed by atoms with Crippen LogP contribution in [0.15, 0.2) is 53.1 Å². The average molecular weight is 438 g/mol. The molecule has 3 rings (SSSR count). The molecule has 2 aromatic carbocycles. The zero-order valence-electron chi connectivity index (χ0n) is 18.4. The van der Waals surface area contributed by atoms with E-state index in [2.05, 4.69) is 10.1 Å². The number of benzene rings is 2. The number of hydrogen-bond donors (Lipinski definition) is 0. The highest BCUT2D eigenvalue weighted by Crippen LogP contribution is 2.29. The molecule has 0 unspecified atom stereocenters. The van der Waals surface area contributed by atoms with Gasteiger partial charge in [0.05, 0.1) is 20.3 Å². The maximum atomic E-state index is 12.1. The first-order valence-electron chi connectivity index (χ1n) is 10.3. The van der Waals surface area contributed by atoms with E-state index >= 15 is 0 Å². The number of hydrogen-bond acceptors (Lipinski definition) is 8. The van der Waals surface area contributed by atoms with Gasteiger partial charge in [-0.15, -0.1) is 0 Å². The van der Waals surface area contributed by atoms with Gasteiger partial charge in [0.2, 0.25) is 5.82 Å². The second-order valence-electron chi connectivity index (χ2n) is 6.67. The van der Waals surface area contributed by atoms with Crippen molar-refractivity contribution in [3.63, 3.8) is 0 Å². The van der Waals surface area contributed by atoms with Crippen LogP contribution < -0.4 is 14.2 Å². The highest BCUT2D eigenvalue weighted by Gasteiger charge is 2.11. The minimum Gasteiger partial charge on any atom is -0.497 e. The number of nitrogens with zero attached hydrogens (tertiary/aromatic N) is 2. The third-order valence-corrected chi connectivity index (χ3v) is 4.28. The van der Waals surface area contributed by atoms with Crippen LogP contribution in [-0.2, 0) is 16.1 Å². The van der Waals surface area contributed by atoms with Gasteiger partial charge in [0.15, 0.2) is 18.1 Å². The molecule has 1 aromatic heterocycles. The summed E-state index contributed by atoms with van der Waals surface area (Å²) in [6, 6.07) is 12.8. The molecule has 0 saturated heterocycles. The Hall–Kier alpha value is -3.81. The van der Waals surface area contributed by atoms with Crippen LogP contribution in [0.25, 0.3) is 17.5 Å². The van der Waals surface area contributed by atoms with E-state index in [-0.39, 0.29) is 12.5 Å². The van der Waals surface area contributed by atoms with E-state index in [0.717, 1.165) is 17.5 Å². The van der Waals surface area contributed by atoms with Crippen molar-refractivity contribution >= 4 is 12.0 Å². The van der Waals surface area contributed by atoms with Crippen molar-refractivity contribution in [2.75, 3.05) is 20.3 Å². The van der Waals surface area contributed by atoms with Gasteiger partial charge < -0.3 is 23.5 Å². The lowest BCUT2D eigenvalue weighted by Crippen LogP contribution is -2.01. The van der Waals surface area contributed by atoms with Crippen molar-refractivity contribution in [1.29, 1.82) is 0 Å². The lowest BCUT2D eigenvalue weighted by atomic mass is 10.2. The van der Waals surface area contributed by atoms with Gasteiger partial charge in [-0.25, -0.2) is 4.79 Å². The van der Waals surface area contributed by atoms with Crippen molar-refractivity contribution in [1.82, 2.24) is 10.1 Å². The fourth-order valence-electron chi connectivity index (χ4n) is 2.77. The Bertz CT molecular complexity index is 1060. The second-order valence-corrected chi connectivity index (χ2v) is 6.67. The molecule has 1 heterocycles. The van der Waals surface area contributed by atoms with Crippen molar-refractivity contribution < 1.29 is 28.3 Å². The summed E-state index contributed by atoms with van der Waals surface area (Å²) < 4.78 is 26.9. The van der Waals surface area contributed by atoms with E-state index in [9.17, 15) is 4.79 Å². The average Bonchev–Trinajstić information content (AvgIpc) is 3.30. The number of carbonyl (C=O) groups excluding carboxylic acids is 1. The third kappa shape index (κ3) is 6.34. The Morgan fingerprint density at radius 3 is 2.75 bits per heavy atom. The number of esters is 1. The molecule has 0 N–H and O–H groups in total. The smallest absolute Gasteiger partial charge is 0.331 e. The summed E-state index contributed by atoms with van der Waals surface area (Å²) in [6.45, 7) is 4.93. The first kappa shape index (κ1) is 22.9. The van der Waals surface area contributed by atoms with Crippen LogP contribution in [0.4, 0.5) is 0 Å². The first-order valence-corrected chi connectivity index (χ1v) is 10.3. The maximum absolute atomic E-state index is 12.1. The van der Waals surface area contributed by atoms with Gasteiger partial charge >= 0.3 is 5.97 Å². The fourth-order valence-corrected chi connectivity index (χ4v) is 2.77. The minimum absolute atomic E-state index is 0.131. The Labute approximate surface area is 186 Å². The molecule has 8 heteroatoms. The molecule has 0 fully saturated rings. The molecule has 0 amide bonds.